The van der Waals surface area contributed by atoms with Crippen LogP contribution in [0.4, 0.5) is 27.6 Å². The maximum absolute atomic E-state index is 13.3. The summed E-state index contributed by atoms with van der Waals surface area (Å²) < 4.78 is 71.4. The minimum absolute atomic E-state index is 0.0346. The molecule has 3 atom stereocenters. The van der Waals surface area contributed by atoms with Crippen LogP contribution in [0.5, 0.6) is 0 Å². The van der Waals surface area contributed by atoms with Gasteiger partial charge in [-0.05, 0) is 31.0 Å². The van der Waals surface area contributed by atoms with E-state index in [1.165, 1.54) is 12.1 Å². The minimum atomic E-state index is -4.36. The van der Waals surface area contributed by atoms with Crippen LogP contribution in [0.3, 0.4) is 0 Å². The number of ether oxygens (including phenoxy) is 1. The van der Waals surface area contributed by atoms with E-state index in [0.717, 1.165) is 6.07 Å². The van der Waals surface area contributed by atoms with Gasteiger partial charge in [-0.3, -0.25) is 4.90 Å². The number of aliphatic hydroxyl groups is 1. The Hall–Kier alpha value is -1.49. The molecule has 2 saturated heterocycles. The first-order valence-electron chi connectivity index (χ1n) is 11.2. The summed E-state index contributed by atoms with van der Waals surface area (Å²) in [5.41, 5.74) is -0.0981. The van der Waals surface area contributed by atoms with Crippen molar-refractivity contribution in [2.24, 2.45) is 0 Å². The first-order chi connectivity index (χ1) is 15.1. The molecule has 2 N–H and O–H groups in total. The predicted octanol–water partition coefficient (Wildman–Crippen LogP) is 3.12. The molecule has 1 saturated carbocycles. The van der Waals surface area contributed by atoms with E-state index < -0.39 is 23.8 Å². The molecule has 0 amide bonds. The second kappa shape index (κ2) is 9.40. The van der Waals surface area contributed by atoms with E-state index in [-0.39, 0.29) is 31.0 Å². The molecule has 2 heterocycles. The summed E-state index contributed by atoms with van der Waals surface area (Å²) in [6.45, 7) is 3.34. The van der Waals surface area contributed by atoms with Crippen LogP contribution in [0.1, 0.15) is 31.2 Å². The molecule has 180 valence electrons. The lowest BCUT2D eigenvalue weighted by atomic mass is 9.91. The fourth-order valence-electron chi connectivity index (χ4n) is 4.82. The molecule has 3 fully saturated rings. The minimum Gasteiger partial charge on any atom is -0.389 e. The fraction of sp³-hybridized carbons (Fsp3) is 0.727. The molecule has 3 unspecified atom stereocenters. The SMILES string of the molecule is OC1C(NC2CCC(F)(F)CC2)COC1CN1CCN(c2cccc(C(F)(F)F)c2)CC1. The van der Waals surface area contributed by atoms with Crippen LogP contribution < -0.4 is 10.2 Å². The third kappa shape index (κ3) is 5.70. The molecule has 0 radical (unpaired) electrons. The Morgan fingerprint density at radius 2 is 1.78 bits per heavy atom. The van der Waals surface area contributed by atoms with Crippen molar-refractivity contribution >= 4 is 5.69 Å². The summed E-state index contributed by atoms with van der Waals surface area (Å²) in [6.07, 6.45) is -4.95. The third-order valence-corrected chi connectivity index (χ3v) is 6.80. The van der Waals surface area contributed by atoms with Gasteiger partial charge in [0.05, 0.1) is 30.4 Å². The molecular weight excluding hydrogens is 433 g/mol. The summed E-state index contributed by atoms with van der Waals surface area (Å²) in [7, 11) is 0. The molecule has 1 aromatic carbocycles. The van der Waals surface area contributed by atoms with E-state index in [0.29, 0.717) is 57.9 Å². The average molecular weight is 463 g/mol. The van der Waals surface area contributed by atoms with Crippen LogP contribution in [0.2, 0.25) is 0 Å². The summed E-state index contributed by atoms with van der Waals surface area (Å²) >= 11 is 0. The van der Waals surface area contributed by atoms with Crippen molar-refractivity contribution in [2.75, 3.05) is 44.2 Å². The third-order valence-electron chi connectivity index (χ3n) is 6.80. The van der Waals surface area contributed by atoms with Gasteiger partial charge in [0.2, 0.25) is 5.92 Å². The van der Waals surface area contributed by atoms with Gasteiger partial charge < -0.3 is 20.1 Å². The van der Waals surface area contributed by atoms with Crippen molar-refractivity contribution < 1.29 is 31.8 Å². The Morgan fingerprint density at radius 1 is 1.09 bits per heavy atom. The monoisotopic (exact) mass is 463 g/mol. The van der Waals surface area contributed by atoms with Crippen LogP contribution in [0.15, 0.2) is 24.3 Å². The first kappa shape index (κ1) is 23.7. The number of hydrogen-bond acceptors (Lipinski definition) is 5. The first-order valence-corrected chi connectivity index (χ1v) is 11.2. The molecule has 1 aromatic rings. The fourth-order valence-corrected chi connectivity index (χ4v) is 4.82. The molecule has 1 aliphatic carbocycles. The number of nitrogens with one attached hydrogen (secondary N) is 1. The molecule has 32 heavy (non-hydrogen) atoms. The summed E-state index contributed by atoms with van der Waals surface area (Å²) in [6, 6.07) is 5.05. The van der Waals surface area contributed by atoms with E-state index in [9.17, 15) is 27.1 Å². The molecule has 0 aromatic heterocycles. The van der Waals surface area contributed by atoms with E-state index in [2.05, 4.69) is 10.2 Å². The number of aliphatic hydroxyl groups excluding tert-OH is 1. The van der Waals surface area contributed by atoms with Gasteiger partial charge in [-0.1, -0.05) is 6.07 Å². The van der Waals surface area contributed by atoms with E-state index in [1.54, 1.807) is 6.07 Å². The van der Waals surface area contributed by atoms with E-state index in [4.69, 9.17) is 4.74 Å². The zero-order valence-corrected chi connectivity index (χ0v) is 17.8. The molecular formula is C22H30F5N3O2. The standard InChI is InChI=1S/C22H30F5N3O2/c23-21(24)6-4-16(5-7-21)28-18-14-32-19(20(18)31)13-29-8-10-30(11-9-29)17-3-1-2-15(12-17)22(25,26)27/h1-3,12,16,18-20,28,31H,4-11,13-14H2. The van der Waals surface area contributed by atoms with Crippen molar-refractivity contribution in [3.63, 3.8) is 0 Å². The number of nitrogens with zero attached hydrogens (tertiary/aromatic N) is 2. The highest BCUT2D eigenvalue weighted by Crippen LogP contribution is 2.34. The zero-order chi connectivity index (χ0) is 22.9. The molecule has 0 bridgehead atoms. The second-order valence-electron chi connectivity index (χ2n) is 9.10. The van der Waals surface area contributed by atoms with Crippen LogP contribution in [-0.2, 0) is 10.9 Å². The van der Waals surface area contributed by atoms with Gasteiger partial charge in [0, 0.05) is 57.3 Å². The maximum atomic E-state index is 13.3. The van der Waals surface area contributed by atoms with Gasteiger partial charge in [0.25, 0.3) is 0 Å². The Kier molecular flexibility index (Phi) is 6.95. The second-order valence-corrected chi connectivity index (χ2v) is 9.10. The zero-order valence-electron chi connectivity index (χ0n) is 17.8. The number of halogens is 5. The van der Waals surface area contributed by atoms with Gasteiger partial charge in [0.15, 0.2) is 0 Å². The largest absolute Gasteiger partial charge is 0.416 e. The summed E-state index contributed by atoms with van der Waals surface area (Å²) in [4.78, 5) is 4.07. The van der Waals surface area contributed by atoms with Crippen LogP contribution in [0.25, 0.3) is 0 Å². The van der Waals surface area contributed by atoms with E-state index >= 15 is 0 Å². The van der Waals surface area contributed by atoms with Crippen molar-refractivity contribution in [1.82, 2.24) is 10.2 Å². The Labute approximate surface area is 184 Å². The number of anilines is 1. The highest BCUT2D eigenvalue weighted by atomic mass is 19.4. The van der Waals surface area contributed by atoms with Crippen LogP contribution >= 0.6 is 0 Å². The van der Waals surface area contributed by atoms with Gasteiger partial charge in [-0.2, -0.15) is 13.2 Å². The molecule has 2 aliphatic heterocycles. The molecule has 4 rings (SSSR count). The lowest BCUT2D eigenvalue weighted by Gasteiger charge is -2.37. The van der Waals surface area contributed by atoms with Gasteiger partial charge in [-0.25, -0.2) is 8.78 Å². The average Bonchev–Trinajstić information content (AvgIpc) is 3.09. The quantitative estimate of drug-likeness (QED) is 0.658. The number of piperazine rings is 1. The Bertz CT molecular complexity index is 760. The predicted molar refractivity (Wildman–Crippen MR) is 110 cm³/mol. The number of hydrogen-bond donors (Lipinski definition) is 2. The summed E-state index contributed by atoms with van der Waals surface area (Å²) in [5, 5.41) is 14.0. The maximum Gasteiger partial charge on any atom is 0.416 e. The van der Waals surface area contributed by atoms with Crippen molar-refractivity contribution in [2.45, 2.75) is 62.1 Å². The smallest absolute Gasteiger partial charge is 0.389 e. The Balaban J connectivity index is 1.23. The number of alkyl halides is 5. The lowest BCUT2D eigenvalue weighted by Crippen LogP contribution is -2.52. The molecule has 5 nitrogen and oxygen atoms in total. The lowest BCUT2D eigenvalue weighted by molar-refractivity contribution is -0.137. The highest BCUT2D eigenvalue weighted by molar-refractivity contribution is 5.49. The van der Waals surface area contributed by atoms with E-state index in [1.807, 2.05) is 4.90 Å². The van der Waals surface area contributed by atoms with Crippen molar-refractivity contribution in [3.05, 3.63) is 29.8 Å². The molecule has 3 aliphatic rings. The van der Waals surface area contributed by atoms with Gasteiger partial charge >= 0.3 is 6.18 Å². The number of rotatable bonds is 5. The highest BCUT2D eigenvalue weighted by Gasteiger charge is 2.41. The van der Waals surface area contributed by atoms with Gasteiger partial charge in [-0.15, -0.1) is 0 Å². The summed E-state index contributed by atoms with van der Waals surface area (Å²) in [5.74, 6) is -2.58. The normalized spacial score (nSPS) is 30.1. The Morgan fingerprint density at radius 3 is 2.44 bits per heavy atom. The van der Waals surface area contributed by atoms with Crippen molar-refractivity contribution in [3.8, 4) is 0 Å². The molecule has 10 heteroatoms. The number of benzene rings is 1. The molecule has 0 spiro atoms. The van der Waals surface area contributed by atoms with Crippen LogP contribution in [0, 0.1) is 0 Å². The topological polar surface area (TPSA) is 48.0 Å². The van der Waals surface area contributed by atoms with Gasteiger partial charge in [0.1, 0.15) is 0 Å². The van der Waals surface area contributed by atoms with Crippen LogP contribution in [-0.4, -0.2) is 79.6 Å². The van der Waals surface area contributed by atoms with Crippen molar-refractivity contribution in [1.29, 1.82) is 0 Å².